The van der Waals surface area contributed by atoms with E-state index in [9.17, 15) is 9.59 Å². The monoisotopic (exact) mass is 209 g/mol. The van der Waals surface area contributed by atoms with Gasteiger partial charge in [0.1, 0.15) is 0 Å². The number of Topliss-reactive ketones (excluding diaryl/α,β-unsaturated/α-hetero) is 1. The van der Waals surface area contributed by atoms with Crippen molar-refractivity contribution >= 4 is 11.7 Å². The zero-order valence-corrected chi connectivity index (χ0v) is 9.91. The Morgan fingerprint density at radius 1 is 1.27 bits per heavy atom. The molecule has 0 bridgehead atoms. The first kappa shape index (κ1) is 12.0. The van der Waals surface area contributed by atoms with Crippen LogP contribution in [0.5, 0.6) is 0 Å². The summed E-state index contributed by atoms with van der Waals surface area (Å²) in [5.41, 5.74) is 0.386. The lowest BCUT2D eigenvalue weighted by Gasteiger charge is -2.30. The quantitative estimate of drug-likeness (QED) is 0.666. The number of ketones is 1. The molecule has 15 heavy (non-hydrogen) atoms. The molecule has 0 saturated carbocycles. The molecule has 0 fully saturated rings. The summed E-state index contributed by atoms with van der Waals surface area (Å²) in [7, 11) is 0. The number of nitrogens with zero attached hydrogens (tertiary/aromatic N) is 1. The molecular weight excluding hydrogens is 190 g/mol. The van der Waals surface area contributed by atoms with Crippen LogP contribution in [0, 0.1) is 0 Å². The smallest absolute Gasteiger partial charge is 0.257 e. The van der Waals surface area contributed by atoms with Gasteiger partial charge >= 0.3 is 0 Å². The number of allylic oxidation sites excluding steroid dienone is 1. The van der Waals surface area contributed by atoms with E-state index in [1.807, 2.05) is 27.7 Å². The molecule has 0 heterocycles. The van der Waals surface area contributed by atoms with Crippen LogP contribution in [-0.2, 0) is 9.59 Å². The van der Waals surface area contributed by atoms with E-state index in [1.165, 1.54) is 0 Å². The van der Waals surface area contributed by atoms with Gasteiger partial charge in [0.15, 0.2) is 5.78 Å². The summed E-state index contributed by atoms with van der Waals surface area (Å²) >= 11 is 0. The Labute approximate surface area is 91.1 Å². The average Bonchev–Trinajstić information content (AvgIpc) is 2.49. The lowest BCUT2D eigenvalue weighted by Crippen LogP contribution is -2.43. The summed E-state index contributed by atoms with van der Waals surface area (Å²) in [4.78, 5) is 25.3. The first-order chi connectivity index (χ1) is 6.95. The van der Waals surface area contributed by atoms with Gasteiger partial charge in [0.05, 0.1) is 5.57 Å². The molecule has 1 amide bonds. The molecular formula is C12H19NO2. The fourth-order valence-electron chi connectivity index (χ4n) is 2.01. The van der Waals surface area contributed by atoms with Crippen LogP contribution in [0.1, 0.15) is 40.5 Å². The molecule has 0 aromatic heterocycles. The fourth-order valence-corrected chi connectivity index (χ4v) is 2.01. The molecule has 0 aromatic carbocycles. The number of carbonyl (C=O) groups excluding carboxylic acids is 2. The maximum atomic E-state index is 12.1. The van der Waals surface area contributed by atoms with Crippen LogP contribution in [0.2, 0.25) is 0 Å². The lowest BCUT2D eigenvalue weighted by molar-refractivity contribution is -0.132. The van der Waals surface area contributed by atoms with Crippen LogP contribution in [0.15, 0.2) is 11.6 Å². The molecule has 0 saturated heterocycles. The van der Waals surface area contributed by atoms with Gasteiger partial charge in [-0.3, -0.25) is 9.59 Å². The number of carbonyl (C=O) groups is 2. The molecule has 0 unspecified atom stereocenters. The van der Waals surface area contributed by atoms with Crippen molar-refractivity contribution in [2.45, 2.75) is 52.6 Å². The minimum Gasteiger partial charge on any atom is -0.334 e. The van der Waals surface area contributed by atoms with Crippen molar-refractivity contribution in [3.05, 3.63) is 11.6 Å². The molecule has 3 heteroatoms. The Morgan fingerprint density at radius 2 is 1.80 bits per heavy atom. The van der Waals surface area contributed by atoms with E-state index in [4.69, 9.17) is 0 Å². The molecule has 0 spiro atoms. The van der Waals surface area contributed by atoms with Gasteiger partial charge in [0.2, 0.25) is 0 Å². The second kappa shape index (κ2) is 4.60. The third-order valence-corrected chi connectivity index (χ3v) is 2.60. The molecule has 0 radical (unpaired) electrons. The SMILES string of the molecule is CC(C)N(C(=O)C1=CCCC1=O)C(C)C. The first-order valence-electron chi connectivity index (χ1n) is 5.51. The number of amides is 1. The van der Waals surface area contributed by atoms with E-state index in [1.54, 1.807) is 11.0 Å². The highest BCUT2D eigenvalue weighted by molar-refractivity contribution is 6.20. The van der Waals surface area contributed by atoms with Crippen LogP contribution in [-0.4, -0.2) is 28.7 Å². The van der Waals surface area contributed by atoms with E-state index in [2.05, 4.69) is 0 Å². The fraction of sp³-hybridized carbons (Fsp3) is 0.667. The van der Waals surface area contributed by atoms with E-state index in [0.29, 0.717) is 18.4 Å². The minimum absolute atomic E-state index is 0.00806. The summed E-state index contributed by atoms with van der Waals surface area (Å²) in [5.74, 6) is -0.117. The molecule has 0 aliphatic heterocycles. The van der Waals surface area contributed by atoms with Gasteiger partial charge in [0, 0.05) is 18.5 Å². The van der Waals surface area contributed by atoms with E-state index < -0.39 is 0 Å². The average molecular weight is 209 g/mol. The Morgan fingerprint density at radius 3 is 2.13 bits per heavy atom. The van der Waals surface area contributed by atoms with Crippen molar-refractivity contribution in [2.24, 2.45) is 0 Å². The second-order valence-corrected chi connectivity index (χ2v) is 4.48. The summed E-state index contributed by atoms with van der Waals surface area (Å²) in [6.45, 7) is 7.88. The summed E-state index contributed by atoms with van der Waals surface area (Å²) < 4.78 is 0. The molecule has 0 aromatic rings. The third kappa shape index (κ3) is 2.46. The van der Waals surface area contributed by atoms with Crippen molar-refractivity contribution in [2.75, 3.05) is 0 Å². The number of rotatable bonds is 3. The van der Waals surface area contributed by atoms with Crippen LogP contribution in [0.25, 0.3) is 0 Å². The molecule has 3 nitrogen and oxygen atoms in total. The standard InChI is InChI=1S/C12H19NO2/c1-8(2)13(9(3)4)12(15)10-6-5-7-11(10)14/h6,8-9H,5,7H2,1-4H3. The van der Waals surface area contributed by atoms with Crippen LogP contribution in [0.4, 0.5) is 0 Å². The molecule has 1 aliphatic carbocycles. The van der Waals surface area contributed by atoms with Crippen LogP contribution >= 0.6 is 0 Å². The Bertz CT molecular complexity index is 295. The van der Waals surface area contributed by atoms with Crippen molar-refractivity contribution in [3.63, 3.8) is 0 Å². The highest BCUT2D eigenvalue weighted by atomic mass is 16.2. The topological polar surface area (TPSA) is 37.4 Å². The predicted octanol–water partition coefficient (Wildman–Crippen LogP) is 1.92. The zero-order chi connectivity index (χ0) is 11.6. The highest BCUT2D eigenvalue weighted by Gasteiger charge is 2.29. The van der Waals surface area contributed by atoms with E-state index in [0.717, 1.165) is 0 Å². The van der Waals surface area contributed by atoms with Gasteiger partial charge in [-0.1, -0.05) is 6.08 Å². The first-order valence-corrected chi connectivity index (χ1v) is 5.51. The molecule has 0 atom stereocenters. The van der Waals surface area contributed by atoms with Gasteiger partial charge in [-0.25, -0.2) is 0 Å². The number of hydrogen-bond acceptors (Lipinski definition) is 2. The zero-order valence-electron chi connectivity index (χ0n) is 9.91. The molecule has 1 rings (SSSR count). The van der Waals surface area contributed by atoms with Crippen molar-refractivity contribution in [1.82, 2.24) is 4.90 Å². The number of hydrogen-bond donors (Lipinski definition) is 0. The Kier molecular flexibility index (Phi) is 3.66. The summed E-state index contributed by atoms with van der Waals surface area (Å²) in [5, 5.41) is 0. The third-order valence-electron chi connectivity index (χ3n) is 2.60. The van der Waals surface area contributed by atoms with Crippen molar-refractivity contribution in [1.29, 1.82) is 0 Å². The molecule has 0 N–H and O–H groups in total. The predicted molar refractivity (Wildman–Crippen MR) is 59.4 cm³/mol. The van der Waals surface area contributed by atoms with Gasteiger partial charge in [-0.2, -0.15) is 0 Å². The van der Waals surface area contributed by atoms with Gasteiger partial charge < -0.3 is 4.90 Å². The summed E-state index contributed by atoms with van der Waals surface area (Å²) in [6, 6.07) is 0.263. The maximum absolute atomic E-state index is 12.1. The van der Waals surface area contributed by atoms with Crippen molar-refractivity contribution < 1.29 is 9.59 Å². The van der Waals surface area contributed by atoms with Gasteiger partial charge in [-0.05, 0) is 34.1 Å². The normalized spacial score (nSPS) is 16.1. The van der Waals surface area contributed by atoms with Crippen LogP contribution in [0.3, 0.4) is 0 Å². The maximum Gasteiger partial charge on any atom is 0.257 e. The van der Waals surface area contributed by atoms with Gasteiger partial charge in [0.25, 0.3) is 5.91 Å². The van der Waals surface area contributed by atoms with Crippen LogP contribution < -0.4 is 0 Å². The highest BCUT2D eigenvalue weighted by Crippen LogP contribution is 2.19. The van der Waals surface area contributed by atoms with Crippen molar-refractivity contribution in [3.8, 4) is 0 Å². The Balaban J connectivity index is 2.86. The van der Waals surface area contributed by atoms with E-state index >= 15 is 0 Å². The molecule has 84 valence electrons. The molecule has 1 aliphatic rings. The Hall–Kier alpha value is -1.12. The minimum atomic E-state index is -0.109. The van der Waals surface area contributed by atoms with E-state index in [-0.39, 0.29) is 23.8 Å². The second-order valence-electron chi connectivity index (χ2n) is 4.48. The largest absolute Gasteiger partial charge is 0.334 e. The lowest BCUT2D eigenvalue weighted by atomic mass is 10.1. The summed E-state index contributed by atoms with van der Waals surface area (Å²) in [6.07, 6.45) is 2.97. The van der Waals surface area contributed by atoms with Gasteiger partial charge in [-0.15, -0.1) is 0 Å².